The number of halogens is 1. The highest BCUT2D eigenvalue weighted by Gasteiger charge is 2.21. The van der Waals surface area contributed by atoms with Gasteiger partial charge in [0.2, 0.25) is 0 Å². The molecule has 6 heteroatoms. The number of carbonyl (C=O) groups excluding carboxylic acids is 1. The smallest absolute Gasteiger partial charge is 0.306 e. The van der Waals surface area contributed by atoms with Crippen LogP contribution in [0.3, 0.4) is 0 Å². The first-order valence-corrected chi connectivity index (χ1v) is 6.18. The molecule has 0 heterocycles. The number of esters is 1. The maximum atomic E-state index is 13.6. The SMILES string of the molecule is CCOC(=O)C[C@H](CC(=O)O)c1ccc(OC)c(F)c1. The van der Waals surface area contributed by atoms with Crippen molar-refractivity contribution in [3.05, 3.63) is 29.6 Å². The quantitative estimate of drug-likeness (QED) is 0.778. The monoisotopic (exact) mass is 284 g/mol. The Bertz CT molecular complexity index is 486. The molecular weight excluding hydrogens is 267 g/mol. The lowest BCUT2D eigenvalue weighted by atomic mass is 9.92. The summed E-state index contributed by atoms with van der Waals surface area (Å²) in [6, 6.07) is 4.14. The van der Waals surface area contributed by atoms with Gasteiger partial charge in [-0.1, -0.05) is 6.07 Å². The lowest BCUT2D eigenvalue weighted by molar-refractivity contribution is -0.144. The van der Waals surface area contributed by atoms with Gasteiger partial charge in [-0.3, -0.25) is 9.59 Å². The molecule has 1 aromatic carbocycles. The van der Waals surface area contributed by atoms with Crippen molar-refractivity contribution in [2.75, 3.05) is 13.7 Å². The summed E-state index contributed by atoms with van der Waals surface area (Å²) >= 11 is 0. The fourth-order valence-corrected chi connectivity index (χ4v) is 1.88. The van der Waals surface area contributed by atoms with E-state index >= 15 is 0 Å². The van der Waals surface area contributed by atoms with Gasteiger partial charge in [0.25, 0.3) is 0 Å². The highest BCUT2D eigenvalue weighted by molar-refractivity contribution is 5.73. The fraction of sp³-hybridized carbons (Fsp3) is 0.429. The van der Waals surface area contributed by atoms with Crippen molar-refractivity contribution in [1.29, 1.82) is 0 Å². The van der Waals surface area contributed by atoms with E-state index in [9.17, 15) is 14.0 Å². The third kappa shape index (κ3) is 4.53. The molecule has 0 unspecified atom stereocenters. The Morgan fingerprint density at radius 1 is 1.35 bits per heavy atom. The summed E-state index contributed by atoms with van der Waals surface area (Å²) in [6.07, 6.45) is -0.378. The van der Waals surface area contributed by atoms with Crippen LogP contribution in [0.25, 0.3) is 0 Å². The molecule has 0 saturated carbocycles. The van der Waals surface area contributed by atoms with Gasteiger partial charge in [0, 0.05) is 5.92 Å². The fourth-order valence-electron chi connectivity index (χ4n) is 1.88. The molecule has 110 valence electrons. The van der Waals surface area contributed by atoms with Crippen LogP contribution in [0.15, 0.2) is 18.2 Å². The van der Waals surface area contributed by atoms with E-state index in [4.69, 9.17) is 14.6 Å². The maximum absolute atomic E-state index is 13.6. The predicted molar refractivity (Wildman–Crippen MR) is 69.2 cm³/mol. The number of rotatable bonds is 7. The minimum atomic E-state index is -1.06. The van der Waals surface area contributed by atoms with Gasteiger partial charge in [0.1, 0.15) is 0 Å². The minimum absolute atomic E-state index is 0.0685. The topological polar surface area (TPSA) is 72.8 Å². The van der Waals surface area contributed by atoms with Gasteiger partial charge < -0.3 is 14.6 Å². The molecule has 0 aliphatic rings. The van der Waals surface area contributed by atoms with E-state index in [-0.39, 0.29) is 25.2 Å². The molecule has 20 heavy (non-hydrogen) atoms. The van der Waals surface area contributed by atoms with Crippen LogP contribution < -0.4 is 4.74 Å². The third-order valence-corrected chi connectivity index (χ3v) is 2.79. The Kier molecular flexibility index (Phi) is 5.96. The average Bonchev–Trinajstić information content (AvgIpc) is 2.37. The molecular formula is C14H17FO5. The molecule has 1 aromatic rings. The average molecular weight is 284 g/mol. The zero-order valence-electron chi connectivity index (χ0n) is 11.4. The second-order valence-corrected chi connectivity index (χ2v) is 4.20. The van der Waals surface area contributed by atoms with E-state index in [1.807, 2.05) is 0 Å². The summed E-state index contributed by atoms with van der Waals surface area (Å²) in [6.45, 7) is 1.88. The minimum Gasteiger partial charge on any atom is -0.494 e. The first-order valence-electron chi connectivity index (χ1n) is 6.18. The largest absolute Gasteiger partial charge is 0.494 e. The normalized spacial score (nSPS) is 11.8. The lowest BCUT2D eigenvalue weighted by Crippen LogP contribution is -2.14. The molecule has 0 fully saturated rings. The van der Waals surface area contributed by atoms with Gasteiger partial charge in [-0.15, -0.1) is 0 Å². The van der Waals surface area contributed by atoms with Crippen molar-refractivity contribution in [1.82, 2.24) is 0 Å². The third-order valence-electron chi connectivity index (χ3n) is 2.79. The van der Waals surface area contributed by atoms with Crippen LogP contribution in [0, 0.1) is 5.82 Å². The second-order valence-electron chi connectivity index (χ2n) is 4.20. The molecule has 0 saturated heterocycles. The summed E-state index contributed by atoms with van der Waals surface area (Å²) < 4.78 is 23.2. The van der Waals surface area contributed by atoms with Gasteiger partial charge >= 0.3 is 11.9 Å². The van der Waals surface area contributed by atoms with E-state index in [0.29, 0.717) is 5.56 Å². The Balaban J connectivity index is 2.94. The Labute approximate surface area is 116 Å². The van der Waals surface area contributed by atoms with Gasteiger partial charge in [0.05, 0.1) is 26.6 Å². The van der Waals surface area contributed by atoms with E-state index in [1.54, 1.807) is 13.0 Å². The number of benzene rings is 1. The summed E-state index contributed by atoms with van der Waals surface area (Å²) in [4.78, 5) is 22.3. The number of carboxylic acids is 1. The van der Waals surface area contributed by atoms with Crippen molar-refractivity contribution in [3.63, 3.8) is 0 Å². The van der Waals surface area contributed by atoms with Crippen molar-refractivity contribution in [3.8, 4) is 5.75 Å². The molecule has 0 bridgehead atoms. The predicted octanol–water partition coefficient (Wildman–Crippen LogP) is 2.35. The van der Waals surface area contributed by atoms with Crippen LogP contribution in [0.1, 0.15) is 31.2 Å². The summed E-state index contributed by atoms with van der Waals surface area (Å²) in [7, 11) is 1.34. The molecule has 0 radical (unpaired) electrons. The van der Waals surface area contributed by atoms with Crippen LogP contribution in [0.4, 0.5) is 4.39 Å². The highest BCUT2D eigenvalue weighted by atomic mass is 19.1. The summed E-state index contributed by atoms with van der Waals surface area (Å²) in [5, 5.41) is 8.89. The molecule has 0 aromatic heterocycles. The first-order chi connectivity index (χ1) is 9.47. The Hall–Kier alpha value is -2.11. The van der Waals surface area contributed by atoms with E-state index < -0.39 is 23.7 Å². The van der Waals surface area contributed by atoms with Crippen LogP contribution in [0.5, 0.6) is 5.75 Å². The number of methoxy groups -OCH3 is 1. The van der Waals surface area contributed by atoms with Crippen molar-refractivity contribution in [2.24, 2.45) is 0 Å². The number of ether oxygens (including phenoxy) is 2. The standard InChI is InChI=1S/C14H17FO5/c1-3-20-14(18)8-10(7-13(16)17)9-4-5-12(19-2)11(15)6-9/h4-6,10H,3,7-8H2,1-2H3,(H,16,17)/t10-/m0/s1. The number of carbonyl (C=O) groups is 2. The molecule has 0 aliphatic carbocycles. The zero-order valence-corrected chi connectivity index (χ0v) is 11.4. The number of hydrogen-bond donors (Lipinski definition) is 1. The van der Waals surface area contributed by atoms with Gasteiger partial charge in [-0.05, 0) is 24.6 Å². The van der Waals surface area contributed by atoms with Crippen molar-refractivity contribution >= 4 is 11.9 Å². The molecule has 1 N–H and O–H groups in total. The second kappa shape index (κ2) is 7.47. The summed E-state index contributed by atoms with van der Waals surface area (Å²) in [5.41, 5.74) is 0.429. The Morgan fingerprint density at radius 3 is 2.55 bits per heavy atom. The number of aliphatic carboxylic acids is 1. The van der Waals surface area contributed by atoms with Crippen molar-refractivity contribution in [2.45, 2.75) is 25.7 Å². The molecule has 1 atom stereocenters. The molecule has 0 aliphatic heterocycles. The number of carboxylic acid groups (broad SMARTS) is 1. The van der Waals surface area contributed by atoms with Crippen LogP contribution in [-0.2, 0) is 14.3 Å². The van der Waals surface area contributed by atoms with Gasteiger partial charge in [0.15, 0.2) is 11.6 Å². The lowest BCUT2D eigenvalue weighted by Gasteiger charge is -2.15. The molecule has 0 amide bonds. The zero-order chi connectivity index (χ0) is 15.1. The Morgan fingerprint density at radius 2 is 2.05 bits per heavy atom. The van der Waals surface area contributed by atoms with Crippen LogP contribution >= 0.6 is 0 Å². The highest BCUT2D eigenvalue weighted by Crippen LogP contribution is 2.28. The number of hydrogen-bond acceptors (Lipinski definition) is 4. The van der Waals surface area contributed by atoms with Crippen molar-refractivity contribution < 1.29 is 28.6 Å². The molecule has 1 rings (SSSR count). The molecule has 0 spiro atoms. The molecule has 5 nitrogen and oxygen atoms in total. The van der Waals surface area contributed by atoms with E-state index in [1.165, 1.54) is 19.2 Å². The van der Waals surface area contributed by atoms with E-state index in [2.05, 4.69) is 0 Å². The van der Waals surface area contributed by atoms with Gasteiger partial charge in [-0.2, -0.15) is 0 Å². The summed E-state index contributed by atoms with van der Waals surface area (Å²) in [5.74, 6) is -2.72. The van der Waals surface area contributed by atoms with E-state index in [0.717, 1.165) is 0 Å². The van der Waals surface area contributed by atoms with Gasteiger partial charge in [-0.25, -0.2) is 4.39 Å². The van der Waals surface area contributed by atoms with Crippen LogP contribution in [0.2, 0.25) is 0 Å². The maximum Gasteiger partial charge on any atom is 0.306 e. The van der Waals surface area contributed by atoms with Crippen LogP contribution in [-0.4, -0.2) is 30.8 Å². The first kappa shape index (κ1) is 15.9.